The normalized spacial score (nSPS) is 10.3. The summed E-state index contributed by atoms with van der Waals surface area (Å²) in [6, 6.07) is 6.15. The summed E-state index contributed by atoms with van der Waals surface area (Å²) in [5, 5.41) is 0. The minimum absolute atomic E-state index is 0.218. The second-order valence-corrected chi connectivity index (χ2v) is 4.57. The van der Waals surface area contributed by atoms with Crippen LogP contribution in [0.3, 0.4) is 0 Å². The van der Waals surface area contributed by atoms with Gasteiger partial charge < -0.3 is 15.2 Å². The molecule has 0 amide bonds. The van der Waals surface area contributed by atoms with Gasteiger partial charge in [0, 0.05) is 16.6 Å². The van der Waals surface area contributed by atoms with E-state index in [2.05, 4.69) is 30.9 Å². The Morgan fingerprint density at radius 1 is 1.11 bits per heavy atom. The van der Waals surface area contributed by atoms with Crippen molar-refractivity contribution >= 4 is 21.6 Å². The fourth-order valence-electron chi connectivity index (χ4n) is 1.55. The number of benzene rings is 1. The molecule has 2 N–H and O–H groups in total. The van der Waals surface area contributed by atoms with Crippen LogP contribution in [0, 0.1) is 0 Å². The second-order valence-electron chi connectivity index (χ2n) is 3.71. The molecule has 1 aromatic carbocycles. The van der Waals surface area contributed by atoms with Crippen molar-refractivity contribution in [2.45, 2.75) is 6.42 Å². The molecule has 0 saturated heterocycles. The Hall–Kier alpha value is -1.89. The van der Waals surface area contributed by atoms with Gasteiger partial charge in [0.15, 0.2) is 0 Å². The summed E-state index contributed by atoms with van der Waals surface area (Å²) in [6.07, 6.45) is 0.473. The number of para-hydroxylation sites is 1. The lowest BCUT2D eigenvalue weighted by atomic mass is 10.1. The number of aromatic nitrogens is 3. The molecule has 0 fully saturated rings. The molecule has 0 atom stereocenters. The predicted molar refractivity (Wildman–Crippen MR) is 74.3 cm³/mol. The monoisotopic (exact) mass is 324 g/mol. The molecule has 19 heavy (non-hydrogen) atoms. The Morgan fingerprint density at radius 2 is 1.74 bits per heavy atom. The Labute approximate surface area is 119 Å². The Kier molecular flexibility index (Phi) is 4.16. The van der Waals surface area contributed by atoms with Crippen molar-refractivity contribution in [3.8, 4) is 12.0 Å². The van der Waals surface area contributed by atoms with Crippen LogP contribution >= 0.6 is 15.9 Å². The van der Waals surface area contributed by atoms with Gasteiger partial charge >= 0.3 is 12.0 Å². The first-order chi connectivity index (χ1) is 9.13. The summed E-state index contributed by atoms with van der Waals surface area (Å²) in [4.78, 5) is 12.3. The summed E-state index contributed by atoms with van der Waals surface area (Å²) in [5.41, 5.74) is 7.58. The molecule has 1 aromatic heterocycles. The number of ether oxygens (including phenoxy) is 2. The van der Waals surface area contributed by atoms with Crippen molar-refractivity contribution in [3.63, 3.8) is 0 Å². The maximum Gasteiger partial charge on any atom is 0.322 e. The van der Waals surface area contributed by atoms with E-state index in [1.54, 1.807) is 0 Å². The third-order valence-electron chi connectivity index (χ3n) is 2.50. The van der Waals surface area contributed by atoms with Crippen LogP contribution in [0.5, 0.6) is 12.0 Å². The SMILES string of the molecule is COc1nc(Cc2cccc(Br)c2N)nc(OC)n1. The molecular formula is C12H13BrN4O2. The van der Waals surface area contributed by atoms with E-state index in [9.17, 15) is 0 Å². The van der Waals surface area contributed by atoms with Gasteiger partial charge in [-0.05, 0) is 27.6 Å². The average molecular weight is 325 g/mol. The lowest BCUT2D eigenvalue weighted by Gasteiger charge is -2.08. The molecule has 0 aliphatic heterocycles. The molecule has 1 heterocycles. The zero-order valence-electron chi connectivity index (χ0n) is 10.6. The molecule has 2 rings (SSSR count). The zero-order chi connectivity index (χ0) is 13.8. The van der Waals surface area contributed by atoms with Crippen LogP contribution in [0.4, 0.5) is 5.69 Å². The fourth-order valence-corrected chi connectivity index (χ4v) is 1.95. The molecule has 7 heteroatoms. The fraction of sp³-hybridized carbons (Fsp3) is 0.250. The molecule has 0 spiro atoms. The van der Waals surface area contributed by atoms with Crippen molar-refractivity contribution in [2.24, 2.45) is 0 Å². The van der Waals surface area contributed by atoms with E-state index in [0.29, 0.717) is 17.9 Å². The van der Waals surface area contributed by atoms with E-state index >= 15 is 0 Å². The van der Waals surface area contributed by atoms with Crippen molar-refractivity contribution in [1.82, 2.24) is 15.0 Å². The van der Waals surface area contributed by atoms with E-state index in [1.807, 2.05) is 18.2 Å². The first-order valence-corrected chi connectivity index (χ1v) is 6.29. The predicted octanol–water partition coefficient (Wildman–Crippen LogP) is 1.82. The van der Waals surface area contributed by atoms with Gasteiger partial charge in [-0.15, -0.1) is 4.98 Å². The number of nitrogen functional groups attached to an aromatic ring is 1. The Balaban J connectivity index is 2.34. The van der Waals surface area contributed by atoms with Crippen molar-refractivity contribution in [3.05, 3.63) is 34.1 Å². The summed E-state index contributed by atoms with van der Waals surface area (Å²) in [5.74, 6) is 0.536. The maximum atomic E-state index is 5.99. The molecule has 0 radical (unpaired) electrons. The third-order valence-corrected chi connectivity index (χ3v) is 3.19. The highest BCUT2D eigenvalue weighted by Gasteiger charge is 2.10. The standard InChI is InChI=1S/C12H13BrN4O2/c1-18-11-15-9(16-12(17-11)19-2)6-7-4-3-5-8(13)10(7)14/h3-5H,6,14H2,1-2H3. The molecule has 0 aliphatic carbocycles. The van der Waals surface area contributed by atoms with Gasteiger partial charge in [-0.25, -0.2) is 0 Å². The van der Waals surface area contributed by atoms with E-state index < -0.39 is 0 Å². The number of halogens is 1. The minimum atomic E-state index is 0.218. The Bertz CT molecular complexity index is 570. The molecule has 100 valence electrons. The number of hydrogen-bond acceptors (Lipinski definition) is 6. The van der Waals surface area contributed by atoms with Crippen molar-refractivity contribution in [2.75, 3.05) is 20.0 Å². The van der Waals surface area contributed by atoms with Crippen LogP contribution in [-0.2, 0) is 6.42 Å². The Morgan fingerprint density at radius 3 is 2.32 bits per heavy atom. The van der Waals surface area contributed by atoms with Crippen LogP contribution < -0.4 is 15.2 Å². The van der Waals surface area contributed by atoms with Crippen molar-refractivity contribution < 1.29 is 9.47 Å². The number of rotatable bonds is 4. The highest BCUT2D eigenvalue weighted by molar-refractivity contribution is 9.10. The summed E-state index contributed by atoms with van der Waals surface area (Å²) in [7, 11) is 2.98. The minimum Gasteiger partial charge on any atom is -0.467 e. The van der Waals surface area contributed by atoms with Crippen LogP contribution in [0.2, 0.25) is 0 Å². The summed E-state index contributed by atoms with van der Waals surface area (Å²) >= 11 is 3.39. The first-order valence-electron chi connectivity index (χ1n) is 5.50. The van der Waals surface area contributed by atoms with Gasteiger partial charge in [-0.1, -0.05) is 12.1 Å². The van der Waals surface area contributed by atoms with Gasteiger partial charge in [0.25, 0.3) is 0 Å². The summed E-state index contributed by atoms with van der Waals surface area (Å²) < 4.78 is 10.9. The molecule has 0 bridgehead atoms. The van der Waals surface area contributed by atoms with Crippen LogP contribution in [0.1, 0.15) is 11.4 Å². The highest BCUT2D eigenvalue weighted by atomic mass is 79.9. The number of methoxy groups -OCH3 is 2. The third kappa shape index (κ3) is 3.11. The smallest absolute Gasteiger partial charge is 0.322 e. The second kappa shape index (κ2) is 5.83. The van der Waals surface area contributed by atoms with Gasteiger partial charge in [0.1, 0.15) is 5.82 Å². The summed E-state index contributed by atoms with van der Waals surface area (Å²) in [6.45, 7) is 0. The van der Waals surface area contributed by atoms with Crippen molar-refractivity contribution in [1.29, 1.82) is 0 Å². The van der Waals surface area contributed by atoms with Gasteiger partial charge in [0.05, 0.1) is 14.2 Å². The lowest BCUT2D eigenvalue weighted by molar-refractivity contribution is 0.337. The van der Waals surface area contributed by atoms with Crippen LogP contribution in [-0.4, -0.2) is 29.2 Å². The highest BCUT2D eigenvalue weighted by Crippen LogP contribution is 2.24. The largest absolute Gasteiger partial charge is 0.467 e. The average Bonchev–Trinajstić information content (AvgIpc) is 2.43. The molecule has 2 aromatic rings. The van der Waals surface area contributed by atoms with Crippen LogP contribution in [0.15, 0.2) is 22.7 Å². The lowest BCUT2D eigenvalue weighted by Crippen LogP contribution is -2.05. The first kappa shape index (κ1) is 13.5. The van der Waals surface area contributed by atoms with E-state index in [0.717, 1.165) is 10.0 Å². The number of anilines is 1. The molecule has 0 unspecified atom stereocenters. The molecule has 6 nitrogen and oxygen atoms in total. The number of nitrogens with zero attached hydrogens (tertiary/aromatic N) is 3. The molecule has 0 saturated carbocycles. The van der Waals surface area contributed by atoms with Gasteiger partial charge in [-0.2, -0.15) is 9.97 Å². The van der Waals surface area contributed by atoms with E-state index in [4.69, 9.17) is 15.2 Å². The number of nitrogens with two attached hydrogens (primary N) is 1. The maximum absolute atomic E-state index is 5.99. The van der Waals surface area contributed by atoms with Gasteiger partial charge in [0.2, 0.25) is 0 Å². The number of hydrogen-bond donors (Lipinski definition) is 1. The topological polar surface area (TPSA) is 83.2 Å². The molecule has 0 aliphatic rings. The van der Waals surface area contributed by atoms with Gasteiger partial charge in [-0.3, -0.25) is 0 Å². The van der Waals surface area contributed by atoms with E-state index in [-0.39, 0.29) is 12.0 Å². The molecular weight excluding hydrogens is 312 g/mol. The van der Waals surface area contributed by atoms with Crippen LogP contribution in [0.25, 0.3) is 0 Å². The zero-order valence-corrected chi connectivity index (χ0v) is 12.1. The quantitative estimate of drug-likeness (QED) is 0.864. The van der Waals surface area contributed by atoms with E-state index in [1.165, 1.54) is 14.2 Å².